The average molecular weight is 325 g/mol. The number of hydrogen-bond acceptors (Lipinski definition) is 3. The highest BCUT2D eigenvalue weighted by atomic mass is 19.4. The summed E-state index contributed by atoms with van der Waals surface area (Å²) < 4.78 is 40.8. The average Bonchev–Trinajstić information content (AvgIpc) is 2.89. The number of carbonyl (C=O) groups is 1. The van der Waals surface area contributed by atoms with Gasteiger partial charge in [0.15, 0.2) is 6.04 Å². The zero-order valence-corrected chi connectivity index (χ0v) is 12.1. The Morgan fingerprint density at radius 2 is 2.00 bits per heavy atom. The van der Waals surface area contributed by atoms with E-state index < -0.39 is 24.2 Å². The number of alkyl halides is 3. The largest absolute Gasteiger partial charge is 0.477 e. The van der Waals surface area contributed by atoms with E-state index in [1.807, 2.05) is 19.1 Å². The van der Waals surface area contributed by atoms with Gasteiger partial charge in [0.05, 0.1) is 12.2 Å². The number of rotatable bonds is 2. The van der Waals surface area contributed by atoms with E-state index in [4.69, 9.17) is 5.11 Å². The minimum absolute atomic E-state index is 0.114. The van der Waals surface area contributed by atoms with Gasteiger partial charge in [0.1, 0.15) is 11.4 Å². The van der Waals surface area contributed by atoms with Crippen LogP contribution in [0.1, 0.15) is 40.0 Å². The van der Waals surface area contributed by atoms with Crippen LogP contribution in [0.4, 0.5) is 19.0 Å². The number of carboxylic acids is 1. The normalized spacial score (nSPS) is 20.7. The molecule has 5 nitrogen and oxygen atoms in total. The molecular formula is C15H14F3N3O2. The number of anilines is 1. The van der Waals surface area contributed by atoms with Crippen molar-refractivity contribution in [2.45, 2.75) is 31.6 Å². The summed E-state index contributed by atoms with van der Waals surface area (Å²) in [6, 6.07) is 4.61. The summed E-state index contributed by atoms with van der Waals surface area (Å²) in [6.45, 7) is 1.88. The maximum atomic E-state index is 13.3. The molecule has 2 aromatic rings. The van der Waals surface area contributed by atoms with Crippen molar-refractivity contribution in [1.29, 1.82) is 0 Å². The SMILES string of the molecule is Cc1ccc([C@H]2C[C@@H](C(F)(F)F)n3ncc(C(=O)O)c3N2)cc1. The molecule has 3 rings (SSSR count). The van der Waals surface area contributed by atoms with Crippen molar-refractivity contribution in [1.82, 2.24) is 9.78 Å². The molecular weight excluding hydrogens is 311 g/mol. The van der Waals surface area contributed by atoms with Crippen LogP contribution in [0.3, 0.4) is 0 Å². The Bertz CT molecular complexity index is 737. The summed E-state index contributed by atoms with van der Waals surface area (Å²) in [7, 11) is 0. The van der Waals surface area contributed by atoms with E-state index >= 15 is 0 Å². The molecule has 2 heterocycles. The first-order chi connectivity index (χ1) is 10.8. The Kier molecular flexibility index (Phi) is 3.54. The van der Waals surface area contributed by atoms with Gasteiger partial charge in [0, 0.05) is 6.42 Å². The zero-order chi connectivity index (χ0) is 16.8. The molecule has 1 aliphatic heterocycles. The number of nitrogens with zero attached hydrogens (tertiary/aromatic N) is 2. The molecule has 8 heteroatoms. The van der Waals surface area contributed by atoms with E-state index in [0.717, 1.165) is 11.8 Å². The summed E-state index contributed by atoms with van der Waals surface area (Å²) in [6.07, 6.45) is -3.82. The summed E-state index contributed by atoms with van der Waals surface area (Å²) in [5, 5.41) is 15.6. The number of benzene rings is 1. The summed E-state index contributed by atoms with van der Waals surface area (Å²) in [5.41, 5.74) is 1.40. The lowest BCUT2D eigenvalue weighted by Gasteiger charge is -2.33. The van der Waals surface area contributed by atoms with Gasteiger partial charge in [-0.15, -0.1) is 0 Å². The molecule has 122 valence electrons. The van der Waals surface area contributed by atoms with Crippen LogP contribution in [0.15, 0.2) is 30.5 Å². The van der Waals surface area contributed by atoms with Gasteiger partial charge in [-0.05, 0) is 12.5 Å². The molecule has 0 saturated heterocycles. The molecule has 0 amide bonds. The Morgan fingerprint density at radius 1 is 1.35 bits per heavy atom. The van der Waals surface area contributed by atoms with Crippen LogP contribution in [0.5, 0.6) is 0 Å². The number of hydrogen-bond donors (Lipinski definition) is 2. The van der Waals surface area contributed by atoms with Crippen LogP contribution in [0.2, 0.25) is 0 Å². The molecule has 2 atom stereocenters. The van der Waals surface area contributed by atoms with E-state index in [1.54, 1.807) is 12.1 Å². The summed E-state index contributed by atoms with van der Waals surface area (Å²) in [5.74, 6) is -1.43. The third-order valence-corrected chi connectivity index (χ3v) is 3.95. The van der Waals surface area contributed by atoms with Crippen molar-refractivity contribution >= 4 is 11.8 Å². The lowest BCUT2D eigenvalue weighted by atomic mass is 9.96. The quantitative estimate of drug-likeness (QED) is 0.886. The van der Waals surface area contributed by atoms with Crippen molar-refractivity contribution in [3.8, 4) is 0 Å². The molecule has 23 heavy (non-hydrogen) atoms. The highest BCUT2D eigenvalue weighted by molar-refractivity contribution is 5.93. The van der Waals surface area contributed by atoms with E-state index in [2.05, 4.69) is 10.4 Å². The fourth-order valence-corrected chi connectivity index (χ4v) is 2.74. The lowest BCUT2D eigenvalue weighted by Crippen LogP contribution is -2.36. The topological polar surface area (TPSA) is 67.2 Å². The van der Waals surface area contributed by atoms with Crippen LogP contribution in [0, 0.1) is 6.92 Å². The van der Waals surface area contributed by atoms with Gasteiger partial charge in [-0.1, -0.05) is 29.8 Å². The number of aromatic nitrogens is 2. The van der Waals surface area contributed by atoms with E-state index in [-0.39, 0.29) is 17.8 Å². The maximum absolute atomic E-state index is 13.3. The second-order valence-corrected chi connectivity index (χ2v) is 5.56. The fraction of sp³-hybridized carbons (Fsp3) is 0.333. The van der Waals surface area contributed by atoms with E-state index in [1.165, 1.54) is 0 Å². The summed E-state index contributed by atoms with van der Waals surface area (Å²) in [4.78, 5) is 11.2. The predicted octanol–water partition coefficient (Wildman–Crippen LogP) is 3.55. The number of aromatic carboxylic acids is 1. The molecule has 0 bridgehead atoms. The number of aryl methyl sites for hydroxylation is 1. The highest BCUT2D eigenvalue weighted by Gasteiger charge is 2.47. The van der Waals surface area contributed by atoms with Crippen LogP contribution < -0.4 is 5.32 Å². The van der Waals surface area contributed by atoms with Gasteiger partial charge in [-0.25, -0.2) is 9.48 Å². The first-order valence-corrected chi connectivity index (χ1v) is 6.98. The highest BCUT2D eigenvalue weighted by Crippen LogP contribution is 2.44. The molecule has 2 N–H and O–H groups in total. The molecule has 0 radical (unpaired) electrons. The Balaban J connectivity index is 2.05. The molecule has 0 unspecified atom stereocenters. The number of carboxylic acid groups (broad SMARTS) is 1. The molecule has 0 spiro atoms. The molecule has 1 aliphatic rings. The van der Waals surface area contributed by atoms with Crippen LogP contribution in [0.25, 0.3) is 0 Å². The van der Waals surface area contributed by atoms with E-state index in [0.29, 0.717) is 10.2 Å². The number of halogens is 3. The molecule has 1 aromatic heterocycles. The van der Waals surface area contributed by atoms with Gasteiger partial charge in [-0.2, -0.15) is 18.3 Å². The Hall–Kier alpha value is -2.51. The smallest absolute Gasteiger partial charge is 0.410 e. The fourth-order valence-electron chi connectivity index (χ4n) is 2.74. The Labute approximate surface area is 129 Å². The minimum Gasteiger partial charge on any atom is -0.477 e. The maximum Gasteiger partial charge on any atom is 0.410 e. The number of fused-ring (bicyclic) bond motifs is 1. The second-order valence-electron chi connectivity index (χ2n) is 5.56. The standard InChI is InChI=1S/C15H14F3N3O2/c1-8-2-4-9(5-3-8)11-6-12(15(16,17)18)21-13(20-11)10(7-19-21)14(22)23/h2-5,7,11-12,20H,6H2,1H3,(H,22,23)/t11-,12+/m1/s1. The van der Waals surface area contributed by atoms with Gasteiger partial charge < -0.3 is 10.4 Å². The van der Waals surface area contributed by atoms with Crippen molar-refractivity contribution < 1.29 is 23.1 Å². The van der Waals surface area contributed by atoms with Crippen molar-refractivity contribution in [2.75, 3.05) is 5.32 Å². The molecule has 0 fully saturated rings. The summed E-state index contributed by atoms with van der Waals surface area (Å²) >= 11 is 0. The second kappa shape index (κ2) is 5.29. The third-order valence-electron chi connectivity index (χ3n) is 3.95. The van der Waals surface area contributed by atoms with Gasteiger partial charge in [0.2, 0.25) is 0 Å². The molecule has 0 saturated carbocycles. The van der Waals surface area contributed by atoms with Crippen molar-refractivity contribution in [3.05, 3.63) is 47.2 Å². The Morgan fingerprint density at radius 3 is 2.57 bits per heavy atom. The van der Waals surface area contributed by atoms with Crippen molar-refractivity contribution in [3.63, 3.8) is 0 Å². The lowest BCUT2D eigenvalue weighted by molar-refractivity contribution is -0.173. The predicted molar refractivity (Wildman–Crippen MR) is 76.4 cm³/mol. The first-order valence-electron chi connectivity index (χ1n) is 6.98. The van der Waals surface area contributed by atoms with Crippen LogP contribution >= 0.6 is 0 Å². The monoisotopic (exact) mass is 325 g/mol. The minimum atomic E-state index is -4.51. The number of nitrogens with one attached hydrogen (secondary N) is 1. The third kappa shape index (κ3) is 2.76. The van der Waals surface area contributed by atoms with E-state index in [9.17, 15) is 18.0 Å². The van der Waals surface area contributed by atoms with Crippen molar-refractivity contribution in [2.24, 2.45) is 0 Å². The zero-order valence-electron chi connectivity index (χ0n) is 12.1. The van der Waals surface area contributed by atoms with Gasteiger partial charge in [0.25, 0.3) is 0 Å². The van der Waals surface area contributed by atoms with Crippen LogP contribution in [-0.2, 0) is 0 Å². The molecule has 0 aliphatic carbocycles. The van der Waals surface area contributed by atoms with Crippen LogP contribution in [-0.4, -0.2) is 27.0 Å². The van der Waals surface area contributed by atoms with Gasteiger partial charge >= 0.3 is 12.1 Å². The van der Waals surface area contributed by atoms with Gasteiger partial charge in [-0.3, -0.25) is 0 Å². The molecule has 1 aromatic carbocycles. The first kappa shape index (κ1) is 15.4.